The van der Waals surface area contributed by atoms with E-state index in [4.69, 9.17) is 9.72 Å². The molecule has 1 amide bonds. The Morgan fingerprint density at radius 2 is 1.77 bits per heavy atom. The zero-order chi connectivity index (χ0) is 24.4. The molecule has 0 aliphatic carbocycles. The predicted octanol–water partition coefficient (Wildman–Crippen LogP) is 3.16. The Bertz CT molecular complexity index is 1400. The summed E-state index contributed by atoms with van der Waals surface area (Å²) in [6.07, 6.45) is 0. The largest absolute Gasteiger partial charge is 0.484 e. The van der Waals surface area contributed by atoms with Gasteiger partial charge < -0.3 is 9.64 Å². The van der Waals surface area contributed by atoms with Crippen molar-refractivity contribution in [1.82, 2.24) is 24.4 Å². The fourth-order valence-electron chi connectivity index (χ4n) is 4.09. The standard InChI is InChI=1S/C26H27N5O3S/c1-18-6-8-22(9-7-18)34-17-24(33)30-12-10-29(11-13-30)16-21-15-23(32)31-26(27-21)35-25(28-31)20-5-3-4-19(2)14-20/h3-9,14-15H,10-13,16-17H2,1-2H3. The highest BCUT2D eigenvalue weighted by atomic mass is 32.1. The van der Waals surface area contributed by atoms with Gasteiger partial charge in [0.25, 0.3) is 11.5 Å². The quantitative estimate of drug-likeness (QED) is 0.414. The Morgan fingerprint density at radius 1 is 1.00 bits per heavy atom. The van der Waals surface area contributed by atoms with Crippen LogP contribution in [0.1, 0.15) is 16.8 Å². The van der Waals surface area contributed by atoms with Crippen molar-refractivity contribution < 1.29 is 9.53 Å². The number of carbonyl (C=O) groups is 1. The number of aromatic nitrogens is 3. The number of piperazine rings is 1. The summed E-state index contributed by atoms with van der Waals surface area (Å²) in [5, 5.41) is 5.25. The van der Waals surface area contributed by atoms with E-state index in [9.17, 15) is 9.59 Å². The third-order valence-corrected chi connectivity index (χ3v) is 7.01. The molecule has 3 heterocycles. The zero-order valence-electron chi connectivity index (χ0n) is 19.8. The van der Waals surface area contributed by atoms with Crippen molar-refractivity contribution in [1.29, 1.82) is 0 Å². The number of hydrogen-bond donors (Lipinski definition) is 0. The van der Waals surface area contributed by atoms with E-state index in [1.807, 2.05) is 61.2 Å². The van der Waals surface area contributed by atoms with Crippen LogP contribution >= 0.6 is 11.3 Å². The van der Waals surface area contributed by atoms with Gasteiger partial charge in [-0.2, -0.15) is 9.61 Å². The molecule has 2 aromatic heterocycles. The van der Waals surface area contributed by atoms with E-state index in [1.165, 1.54) is 15.9 Å². The van der Waals surface area contributed by atoms with E-state index in [1.54, 1.807) is 6.07 Å². The zero-order valence-corrected chi connectivity index (χ0v) is 20.6. The van der Waals surface area contributed by atoms with Crippen molar-refractivity contribution in [2.75, 3.05) is 32.8 Å². The molecule has 5 rings (SSSR count). The van der Waals surface area contributed by atoms with Gasteiger partial charge >= 0.3 is 0 Å². The number of nitrogens with zero attached hydrogens (tertiary/aromatic N) is 5. The molecule has 0 bridgehead atoms. The first-order valence-electron chi connectivity index (χ1n) is 11.6. The normalized spacial score (nSPS) is 14.4. The molecule has 0 spiro atoms. The molecule has 8 nitrogen and oxygen atoms in total. The Hall–Kier alpha value is -3.56. The lowest BCUT2D eigenvalue weighted by Crippen LogP contribution is -2.49. The second-order valence-electron chi connectivity index (χ2n) is 8.82. The summed E-state index contributed by atoms with van der Waals surface area (Å²) >= 11 is 1.41. The number of fused-ring (bicyclic) bond motifs is 1. The van der Waals surface area contributed by atoms with Crippen molar-refractivity contribution in [2.24, 2.45) is 0 Å². The van der Waals surface area contributed by atoms with Gasteiger partial charge in [0, 0.05) is 44.4 Å². The summed E-state index contributed by atoms with van der Waals surface area (Å²) in [5.41, 5.74) is 3.81. The molecule has 1 aliphatic heterocycles. The highest BCUT2D eigenvalue weighted by Gasteiger charge is 2.22. The minimum atomic E-state index is -0.178. The van der Waals surface area contributed by atoms with Crippen LogP contribution < -0.4 is 10.3 Å². The van der Waals surface area contributed by atoms with Gasteiger partial charge in [0.05, 0.1) is 5.69 Å². The minimum absolute atomic E-state index is 0.0173. The molecule has 35 heavy (non-hydrogen) atoms. The molecule has 4 aromatic rings. The molecule has 0 N–H and O–H groups in total. The van der Waals surface area contributed by atoms with E-state index in [-0.39, 0.29) is 18.1 Å². The minimum Gasteiger partial charge on any atom is -0.484 e. The van der Waals surface area contributed by atoms with Crippen molar-refractivity contribution in [3.05, 3.63) is 81.8 Å². The van der Waals surface area contributed by atoms with Crippen LogP contribution in [0, 0.1) is 13.8 Å². The van der Waals surface area contributed by atoms with E-state index >= 15 is 0 Å². The highest BCUT2D eigenvalue weighted by molar-refractivity contribution is 7.19. The molecule has 9 heteroatoms. The van der Waals surface area contributed by atoms with E-state index in [0.717, 1.165) is 27.4 Å². The second kappa shape index (κ2) is 9.97. The molecule has 0 radical (unpaired) electrons. The fourth-order valence-corrected chi connectivity index (χ4v) is 5.01. The van der Waals surface area contributed by atoms with Crippen molar-refractivity contribution in [2.45, 2.75) is 20.4 Å². The van der Waals surface area contributed by atoms with Gasteiger partial charge in [0.15, 0.2) is 6.61 Å². The van der Waals surface area contributed by atoms with Gasteiger partial charge in [-0.1, -0.05) is 52.8 Å². The molecule has 1 aliphatic rings. The van der Waals surface area contributed by atoms with Crippen LogP contribution in [0.4, 0.5) is 0 Å². The lowest BCUT2D eigenvalue weighted by atomic mass is 10.1. The number of aryl methyl sites for hydroxylation is 2. The lowest BCUT2D eigenvalue weighted by molar-refractivity contribution is -0.135. The van der Waals surface area contributed by atoms with Gasteiger partial charge in [-0.3, -0.25) is 14.5 Å². The van der Waals surface area contributed by atoms with E-state index in [2.05, 4.69) is 16.1 Å². The maximum Gasteiger partial charge on any atom is 0.275 e. The Labute approximate surface area is 207 Å². The van der Waals surface area contributed by atoms with Crippen LogP contribution in [0.25, 0.3) is 15.5 Å². The monoisotopic (exact) mass is 489 g/mol. The first-order valence-corrected chi connectivity index (χ1v) is 12.4. The maximum atomic E-state index is 12.7. The van der Waals surface area contributed by atoms with Gasteiger partial charge in [-0.25, -0.2) is 4.98 Å². The molecule has 180 valence electrons. The van der Waals surface area contributed by atoms with Gasteiger partial charge in [-0.05, 0) is 32.0 Å². The maximum absolute atomic E-state index is 12.7. The molecule has 2 aromatic carbocycles. The third kappa shape index (κ3) is 5.41. The summed E-state index contributed by atoms with van der Waals surface area (Å²) in [6, 6.07) is 17.3. The molecule has 1 saturated heterocycles. The molecule has 0 atom stereocenters. The average molecular weight is 490 g/mol. The number of ether oxygens (including phenoxy) is 1. The first kappa shape index (κ1) is 23.2. The van der Waals surface area contributed by atoms with Crippen molar-refractivity contribution in [3.63, 3.8) is 0 Å². The first-order chi connectivity index (χ1) is 16.9. The highest BCUT2D eigenvalue weighted by Crippen LogP contribution is 2.25. The Balaban J connectivity index is 1.19. The summed E-state index contributed by atoms with van der Waals surface area (Å²) in [7, 11) is 0. The molecule has 0 unspecified atom stereocenters. The van der Waals surface area contributed by atoms with Crippen LogP contribution in [-0.4, -0.2) is 63.1 Å². The smallest absolute Gasteiger partial charge is 0.275 e. The van der Waals surface area contributed by atoms with Crippen LogP contribution in [0.5, 0.6) is 5.75 Å². The Morgan fingerprint density at radius 3 is 2.51 bits per heavy atom. The van der Waals surface area contributed by atoms with E-state index in [0.29, 0.717) is 43.4 Å². The third-order valence-electron chi connectivity index (χ3n) is 6.06. The summed E-state index contributed by atoms with van der Waals surface area (Å²) in [4.78, 5) is 34.6. The molecular formula is C26H27N5O3S. The number of hydrogen-bond acceptors (Lipinski definition) is 7. The van der Waals surface area contributed by atoms with Crippen LogP contribution in [0.2, 0.25) is 0 Å². The second-order valence-corrected chi connectivity index (χ2v) is 9.77. The number of amides is 1. The van der Waals surface area contributed by atoms with Crippen LogP contribution in [0.15, 0.2) is 59.4 Å². The summed E-state index contributed by atoms with van der Waals surface area (Å²) in [6.45, 7) is 7.31. The summed E-state index contributed by atoms with van der Waals surface area (Å²) in [5.74, 6) is 0.681. The predicted molar refractivity (Wildman–Crippen MR) is 136 cm³/mol. The molecular weight excluding hydrogens is 462 g/mol. The average Bonchev–Trinajstić information content (AvgIpc) is 3.29. The Kier molecular flexibility index (Phi) is 6.61. The molecule has 1 fully saturated rings. The van der Waals surface area contributed by atoms with E-state index < -0.39 is 0 Å². The summed E-state index contributed by atoms with van der Waals surface area (Å²) < 4.78 is 7.01. The lowest BCUT2D eigenvalue weighted by Gasteiger charge is -2.34. The van der Waals surface area contributed by atoms with Crippen LogP contribution in [0.3, 0.4) is 0 Å². The van der Waals surface area contributed by atoms with Gasteiger partial charge in [0.2, 0.25) is 4.96 Å². The fraction of sp³-hybridized carbons (Fsp3) is 0.308. The van der Waals surface area contributed by atoms with Gasteiger partial charge in [-0.15, -0.1) is 0 Å². The number of carbonyl (C=O) groups excluding carboxylic acids is 1. The van der Waals surface area contributed by atoms with Crippen LogP contribution in [-0.2, 0) is 11.3 Å². The molecule has 0 saturated carbocycles. The number of rotatable bonds is 6. The topological polar surface area (TPSA) is 80.0 Å². The number of benzene rings is 2. The van der Waals surface area contributed by atoms with Crippen molar-refractivity contribution in [3.8, 4) is 16.3 Å². The van der Waals surface area contributed by atoms with Crippen molar-refractivity contribution >= 4 is 22.2 Å². The SMILES string of the molecule is Cc1ccc(OCC(=O)N2CCN(Cc3cc(=O)n4nc(-c5cccc(C)c5)sc4n3)CC2)cc1. The van der Waals surface area contributed by atoms with Gasteiger partial charge in [0.1, 0.15) is 10.8 Å².